The first kappa shape index (κ1) is 22.0. The molecule has 0 heterocycles. The molecule has 0 unspecified atom stereocenters. The van der Waals surface area contributed by atoms with Crippen LogP contribution in [0.1, 0.15) is 11.1 Å². The predicted molar refractivity (Wildman–Crippen MR) is 115 cm³/mol. The molecule has 3 aromatic carbocycles. The fraction of sp³-hybridized carbons (Fsp3) is 0.136. The van der Waals surface area contributed by atoms with Crippen LogP contribution >= 0.6 is 11.6 Å². The smallest absolute Gasteiger partial charge is 0.242 e. The quantitative estimate of drug-likeness (QED) is 0.567. The molecule has 1 atom stereocenters. The average molecular weight is 447 g/mol. The molecule has 3 aromatic rings. The molecule has 5 nitrogen and oxygen atoms in total. The van der Waals surface area contributed by atoms with Crippen molar-refractivity contribution in [3.05, 3.63) is 94.8 Å². The van der Waals surface area contributed by atoms with Gasteiger partial charge in [-0.2, -0.15) is 4.72 Å². The van der Waals surface area contributed by atoms with Crippen molar-refractivity contribution in [1.29, 1.82) is 0 Å². The minimum Gasteiger partial charge on any atom is -0.325 e. The summed E-state index contributed by atoms with van der Waals surface area (Å²) in [6.07, 6.45) is 0.132. The number of rotatable bonds is 7. The summed E-state index contributed by atoms with van der Waals surface area (Å²) < 4.78 is 41.1. The number of amides is 1. The van der Waals surface area contributed by atoms with Crippen LogP contribution in [0.15, 0.2) is 77.7 Å². The highest BCUT2D eigenvalue weighted by molar-refractivity contribution is 7.89. The third-order valence-electron chi connectivity index (χ3n) is 4.46. The molecule has 0 aliphatic rings. The maximum absolute atomic E-state index is 13.2. The van der Waals surface area contributed by atoms with Crippen LogP contribution in [0.5, 0.6) is 0 Å². The first-order chi connectivity index (χ1) is 14.2. The van der Waals surface area contributed by atoms with Gasteiger partial charge in [-0.15, -0.1) is 0 Å². The van der Waals surface area contributed by atoms with Crippen LogP contribution in [-0.4, -0.2) is 20.4 Å². The Kier molecular flexibility index (Phi) is 6.87. The molecule has 0 saturated heterocycles. The molecule has 3 rings (SSSR count). The summed E-state index contributed by atoms with van der Waals surface area (Å²) in [5.41, 5.74) is 2.09. The summed E-state index contributed by atoms with van der Waals surface area (Å²) in [7, 11) is -4.05. The average Bonchev–Trinajstić information content (AvgIpc) is 2.71. The maximum atomic E-state index is 13.2. The molecular weight excluding hydrogens is 427 g/mol. The van der Waals surface area contributed by atoms with E-state index in [4.69, 9.17) is 11.6 Å². The molecule has 2 N–H and O–H groups in total. The normalized spacial score (nSPS) is 12.4. The Morgan fingerprint density at radius 2 is 1.70 bits per heavy atom. The summed E-state index contributed by atoms with van der Waals surface area (Å²) in [4.78, 5) is 12.8. The Hall–Kier alpha value is -2.74. The Bertz CT molecular complexity index is 1140. The van der Waals surface area contributed by atoms with Crippen LogP contribution in [0.2, 0.25) is 5.02 Å². The van der Waals surface area contributed by atoms with E-state index < -0.39 is 27.8 Å². The van der Waals surface area contributed by atoms with Gasteiger partial charge in [0.2, 0.25) is 15.9 Å². The zero-order chi connectivity index (χ0) is 21.7. The van der Waals surface area contributed by atoms with Crippen molar-refractivity contribution in [2.45, 2.75) is 24.3 Å². The van der Waals surface area contributed by atoms with Gasteiger partial charge in [-0.05, 0) is 60.9 Å². The van der Waals surface area contributed by atoms with Gasteiger partial charge in [-0.1, -0.05) is 48.0 Å². The van der Waals surface area contributed by atoms with E-state index in [1.165, 1.54) is 0 Å². The van der Waals surface area contributed by atoms with Gasteiger partial charge in [0.05, 0.1) is 4.90 Å². The molecule has 0 aromatic heterocycles. The number of nitrogens with one attached hydrogen (secondary N) is 2. The van der Waals surface area contributed by atoms with Gasteiger partial charge in [0.15, 0.2) is 0 Å². The van der Waals surface area contributed by atoms with Gasteiger partial charge in [0.1, 0.15) is 11.9 Å². The summed E-state index contributed by atoms with van der Waals surface area (Å²) in [5, 5.41) is 3.19. The highest BCUT2D eigenvalue weighted by Crippen LogP contribution is 2.20. The number of carbonyl (C=O) groups excluding carboxylic acids is 1. The van der Waals surface area contributed by atoms with E-state index in [-0.39, 0.29) is 11.3 Å². The Balaban J connectivity index is 1.86. The van der Waals surface area contributed by atoms with E-state index in [9.17, 15) is 17.6 Å². The van der Waals surface area contributed by atoms with Crippen molar-refractivity contribution < 1.29 is 17.6 Å². The lowest BCUT2D eigenvalue weighted by Gasteiger charge is -2.19. The van der Waals surface area contributed by atoms with Gasteiger partial charge >= 0.3 is 0 Å². The molecule has 0 saturated carbocycles. The molecule has 156 valence electrons. The lowest BCUT2D eigenvalue weighted by atomic mass is 10.1. The molecule has 0 spiro atoms. The predicted octanol–water partition coefficient (Wildman–Crippen LogP) is 4.32. The van der Waals surface area contributed by atoms with Crippen LogP contribution in [-0.2, 0) is 21.2 Å². The largest absolute Gasteiger partial charge is 0.325 e. The van der Waals surface area contributed by atoms with E-state index >= 15 is 0 Å². The van der Waals surface area contributed by atoms with Gasteiger partial charge in [-0.3, -0.25) is 4.79 Å². The number of sulfonamides is 1. The highest BCUT2D eigenvalue weighted by atomic mass is 35.5. The third kappa shape index (κ3) is 5.66. The molecule has 0 aliphatic carbocycles. The van der Waals surface area contributed by atoms with Crippen molar-refractivity contribution in [2.75, 3.05) is 5.32 Å². The van der Waals surface area contributed by atoms with Crippen LogP contribution in [0.3, 0.4) is 0 Å². The third-order valence-corrected chi connectivity index (χ3v) is 6.35. The molecule has 0 fully saturated rings. The second kappa shape index (κ2) is 9.38. The second-order valence-corrected chi connectivity index (χ2v) is 8.89. The summed E-state index contributed by atoms with van der Waals surface area (Å²) in [6, 6.07) is 17.4. The number of hydrogen-bond donors (Lipinski definition) is 2. The second-order valence-electron chi connectivity index (χ2n) is 6.77. The molecule has 0 radical (unpaired) electrons. The van der Waals surface area contributed by atoms with Crippen molar-refractivity contribution in [3.8, 4) is 0 Å². The lowest BCUT2D eigenvalue weighted by Crippen LogP contribution is -2.45. The number of benzene rings is 3. The van der Waals surface area contributed by atoms with Crippen LogP contribution < -0.4 is 10.0 Å². The van der Waals surface area contributed by atoms with Crippen LogP contribution in [0, 0.1) is 12.7 Å². The summed E-state index contributed by atoms with van der Waals surface area (Å²) >= 11 is 6.11. The zero-order valence-corrected chi connectivity index (χ0v) is 17.7. The van der Waals surface area contributed by atoms with Gasteiger partial charge < -0.3 is 5.32 Å². The molecule has 0 aliphatic heterocycles. The number of hydrogen-bond acceptors (Lipinski definition) is 3. The lowest BCUT2D eigenvalue weighted by molar-refractivity contribution is -0.117. The zero-order valence-electron chi connectivity index (χ0n) is 16.1. The fourth-order valence-corrected chi connectivity index (χ4v) is 4.18. The van der Waals surface area contributed by atoms with Gasteiger partial charge in [0.25, 0.3) is 0 Å². The standard InChI is InChI=1S/C22H20ClFN2O3S/c1-15-7-10-18(14-20(15)23)25-22(27)21(13-16-5-3-2-4-6-16)26-30(28,29)19-11-8-17(24)9-12-19/h2-12,14,21,26H,13H2,1H3,(H,25,27)/t21-/m1/s1. The van der Waals surface area contributed by atoms with Crippen molar-refractivity contribution >= 4 is 33.2 Å². The molecular formula is C22H20ClFN2O3S. The highest BCUT2D eigenvalue weighted by Gasteiger charge is 2.26. The molecule has 0 bridgehead atoms. The Morgan fingerprint density at radius 1 is 1.03 bits per heavy atom. The summed E-state index contributed by atoms with van der Waals surface area (Å²) in [5.74, 6) is -1.09. The minimum absolute atomic E-state index is 0.131. The Morgan fingerprint density at radius 3 is 2.33 bits per heavy atom. The monoisotopic (exact) mass is 446 g/mol. The van der Waals surface area contributed by atoms with Crippen LogP contribution in [0.4, 0.5) is 10.1 Å². The van der Waals surface area contributed by atoms with Crippen molar-refractivity contribution in [1.82, 2.24) is 4.72 Å². The van der Waals surface area contributed by atoms with E-state index in [0.717, 1.165) is 35.4 Å². The van der Waals surface area contributed by atoms with Crippen molar-refractivity contribution in [3.63, 3.8) is 0 Å². The number of aryl methyl sites for hydroxylation is 1. The number of carbonyl (C=O) groups is 1. The SMILES string of the molecule is Cc1ccc(NC(=O)[C@@H](Cc2ccccc2)NS(=O)(=O)c2ccc(F)cc2)cc1Cl. The minimum atomic E-state index is -4.05. The van der Waals surface area contributed by atoms with Gasteiger partial charge in [0, 0.05) is 10.7 Å². The fourth-order valence-electron chi connectivity index (χ4n) is 2.81. The first-order valence-corrected chi connectivity index (χ1v) is 11.0. The molecule has 1 amide bonds. The van der Waals surface area contributed by atoms with E-state index in [1.54, 1.807) is 42.5 Å². The number of anilines is 1. The topological polar surface area (TPSA) is 75.3 Å². The Labute approximate surface area is 179 Å². The summed E-state index contributed by atoms with van der Waals surface area (Å²) in [6.45, 7) is 1.84. The van der Waals surface area contributed by atoms with E-state index in [1.807, 2.05) is 13.0 Å². The molecule has 30 heavy (non-hydrogen) atoms. The van der Waals surface area contributed by atoms with E-state index in [0.29, 0.717) is 10.7 Å². The van der Waals surface area contributed by atoms with Crippen molar-refractivity contribution in [2.24, 2.45) is 0 Å². The van der Waals surface area contributed by atoms with E-state index in [2.05, 4.69) is 10.0 Å². The van der Waals surface area contributed by atoms with Gasteiger partial charge in [-0.25, -0.2) is 12.8 Å². The number of halogens is 2. The first-order valence-electron chi connectivity index (χ1n) is 9.13. The maximum Gasteiger partial charge on any atom is 0.242 e. The molecule has 8 heteroatoms. The van der Waals surface area contributed by atoms with Crippen LogP contribution in [0.25, 0.3) is 0 Å².